The Bertz CT molecular complexity index is 927. The number of rotatable bonds is 10. The van der Waals surface area contributed by atoms with Crippen LogP contribution in [0.25, 0.3) is 0 Å². The van der Waals surface area contributed by atoms with Crippen molar-refractivity contribution < 1.29 is 29.3 Å². The van der Waals surface area contributed by atoms with Gasteiger partial charge >= 0.3 is 5.97 Å². The summed E-state index contributed by atoms with van der Waals surface area (Å²) in [4.78, 5) is 42.6. The summed E-state index contributed by atoms with van der Waals surface area (Å²) in [6.07, 6.45) is 2.36. The number of alkyl halides is 1. The van der Waals surface area contributed by atoms with Crippen LogP contribution >= 0.6 is 15.9 Å². The molecule has 6 atom stereocenters. The summed E-state index contributed by atoms with van der Waals surface area (Å²) in [5, 5.41) is 19.1. The second-order valence-corrected chi connectivity index (χ2v) is 10.1. The lowest BCUT2D eigenvalue weighted by Crippen LogP contribution is -2.56. The number of benzene rings is 1. The molecule has 4 rings (SSSR count). The molecule has 3 aliphatic rings. The van der Waals surface area contributed by atoms with Crippen LogP contribution in [-0.4, -0.2) is 80.1 Å². The molecule has 2 N–H and O–H groups in total. The predicted molar refractivity (Wildman–Crippen MR) is 123 cm³/mol. The smallest absolute Gasteiger partial charge is 0.310 e. The van der Waals surface area contributed by atoms with Gasteiger partial charge < -0.3 is 24.7 Å². The summed E-state index contributed by atoms with van der Waals surface area (Å²) < 4.78 is 6.28. The maximum Gasteiger partial charge on any atom is 0.310 e. The third-order valence-electron chi connectivity index (χ3n) is 6.99. The number of likely N-dealkylation sites (tertiary alicyclic amines) is 1. The number of carbonyl (C=O) groups is 3. The molecule has 1 aromatic carbocycles. The number of carboxylic acids is 1. The molecule has 0 radical (unpaired) electrons. The van der Waals surface area contributed by atoms with Crippen LogP contribution in [0, 0.1) is 11.8 Å². The highest BCUT2D eigenvalue weighted by Gasteiger charge is 2.76. The Morgan fingerprint density at radius 2 is 2.03 bits per heavy atom. The molecule has 3 fully saturated rings. The molecule has 9 heteroatoms. The van der Waals surface area contributed by atoms with E-state index in [0.29, 0.717) is 25.8 Å². The molecule has 0 aliphatic carbocycles. The minimum Gasteiger partial charge on any atom is -0.481 e. The lowest BCUT2D eigenvalue weighted by Gasteiger charge is -2.37. The van der Waals surface area contributed by atoms with E-state index in [1.165, 1.54) is 4.90 Å². The number of carboxylic acid groups (broad SMARTS) is 1. The average Bonchev–Trinajstić information content (AvgIpc) is 3.38. The van der Waals surface area contributed by atoms with Crippen molar-refractivity contribution in [3.63, 3.8) is 0 Å². The lowest BCUT2D eigenvalue weighted by atomic mass is 9.70. The molecule has 1 spiro atoms. The first-order chi connectivity index (χ1) is 15.9. The largest absolute Gasteiger partial charge is 0.481 e. The predicted octanol–water partition coefficient (Wildman–Crippen LogP) is 1.81. The summed E-state index contributed by atoms with van der Waals surface area (Å²) in [6, 6.07) is 8.63. The van der Waals surface area contributed by atoms with Gasteiger partial charge in [-0.25, -0.2) is 0 Å². The first kappa shape index (κ1) is 23.9. The summed E-state index contributed by atoms with van der Waals surface area (Å²) in [5.41, 5.74) is -0.248. The SMILES string of the molecule is C=CCN(Cc1ccccc1)C(=O)[C@@H]1N(CCCCO)C(=O)[C@H]2[C@H](C(=O)O)[C@H]3O[C@@]12CC3Br. The number of aliphatic carboxylic acids is 1. The molecular formula is C24H29BrN2O6. The van der Waals surface area contributed by atoms with E-state index in [9.17, 15) is 24.6 Å². The number of aliphatic hydroxyl groups is 1. The van der Waals surface area contributed by atoms with Crippen molar-refractivity contribution in [1.82, 2.24) is 9.80 Å². The number of hydrogen-bond donors (Lipinski definition) is 2. The van der Waals surface area contributed by atoms with E-state index in [2.05, 4.69) is 22.5 Å². The van der Waals surface area contributed by atoms with Gasteiger partial charge in [-0.1, -0.05) is 52.3 Å². The molecule has 3 heterocycles. The zero-order valence-electron chi connectivity index (χ0n) is 18.3. The van der Waals surface area contributed by atoms with Crippen molar-refractivity contribution in [2.75, 3.05) is 19.7 Å². The molecular weight excluding hydrogens is 492 g/mol. The van der Waals surface area contributed by atoms with E-state index in [-0.39, 0.29) is 36.3 Å². The van der Waals surface area contributed by atoms with Crippen molar-refractivity contribution in [2.45, 2.75) is 48.4 Å². The van der Waals surface area contributed by atoms with Crippen molar-refractivity contribution in [2.24, 2.45) is 11.8 Å². The molecule has 3 aliphatic heterocycles. The van der Waals surface area contributed by atoms with Gasteiger partial charge in [0.1, 0.15) is 11.6 Å². The molecule has 2 bridgehead atoms. The molecule has 3 saturated heterocycles. The Labute approximate surface area is 201 Å². The quantitative estimate of drug-likeness (QED) is 0.276. The standard InChI is InChI=1S/C24H29BrN2O6/c1-2-10-26(14-15-8-4-3-5-9-15)22(30)20-24-13-16(25)19(33-24)17(23(31)32)18(24)21(29)27(20)11-6-7-12-28/h2-5,8-9,16-20,28H,1,6-7,10-14H2,(H,31,32)/t16?,17-,18+,19-,20-,24+/m0/s1. The van der Waals surface area contributed by atoms with Gasteiger partial charge in [0.25, 0.3) is 0 Å². The van der Waals surface area contributed by atoms with Crippen LogP contribution in [0.15, 0.2) is 43.0 Å². The van der Waals surface area contributed by atoms with Crippen LogP contribution < -0.4 is 0 Å². The van der Waals surface area contributed by atoms with Crippen molar-refractivity contribution in [3.05, 3.63) is 48.6 Å². The van der Waals surface area contributed by atoms with Crippen LogP contribution in [-0.2, 0) is 25.7 Å². The molecule has 33 heavy (non-hydrogen) atoms. The van der Waals surface area contributed by atoms with Gasteiger partial charge in [-0.05, 0) is 24.8 Å². The summed E-state index contributed by atoms with van der Waals surface area (Å²) >= 11 is 3.54. The van der Waals surface area contributed by atoms with Crippen LogP contribution in [0.5, 0.6) is 0 Å². The van der Waals surface area contributed by atoms with Gasteiger partial charge in [0.2, 0.25) is 11.8 Å². The van der Waals surface area contributed by atoms with Crippen molar-refractivity contribution in [1.29, 1.82) is 0 Å². The van der Waals surface area contributed by atoms with Gasteiger partial charge in [-0.3, -0.25) is 14.4 Å². The number of fused-ring (bicyclic) bond motifs is 1. The molecule has 8 nitrogen and oxygen atoms in total. The van der Waals surface area contributed by atoms with Crippen LogP contribution in [0.1, 0.15) is 24.8 Å². The number of carbonyl (C=O) groups excluding carboxylic acids is 2. The lowest BCUT2D eigenvalue weighted by molar-refractivity contribution is -0.151. The van der Waals surface area contributed by atoms with Crippen molar-refractivity contribution in [3.8, 4) is 0 Å². The molecule has 2 amide bonds. The maximum atomic E-state index is 14.0. The fourth-order valence-electron chi connectivity index (χ4n) is 5.69. The number of aliphatic hydroxyl groups excluding tert-OH is 1. The van der Waals surface area contributed by atoms with E-state index >= 15 is 0 Å². The van der Waals surface area contributed by atoms with Crippen LogP contribution in [0.2, 0.25) is 0 Å². The molecule has 0 saturated carbocycles. The average molecular weight is 521 g/mol. The Morgan fingerprint density at radius 3 is 2.67 bits per heavy atom. The fourth-order valence-corrected chi connectivity index (χ4v) is 6.63. The molecule has 178 valence electrons. The van der Waals surface area contributed by atoms with Gasteiger partial charge in [0, 0.05) is 31.1 Å². The highest BCUT2D eigenvalue weighted by Crippen LogP contribution is 2.60. The van der Waals surface area contributed by atoms with E-state index < -0.39 is 35.6 Å². The fraction of sp³-hybridized carbons (Fsp3) is 0.542. The van der Waals surface area contributed by atoms with Gasteiger partial charge in [0.05, 0.1) is 17.9 Å². The van der Waals surface area contributed by atoms with E-state index in [4.69, 9.17) is 4.74 Å². The third kappa shape index (κ3) is 4.00. The number of ether oxygens (including phenoxy) is 1. The van der Waals surface area contributed by atoms with Crippen LogP contribution in [0.3, 0.4) is 0 Å². The highest BCUT2D eigenvalue weighted by atomic mass is 79.9. The second kappa shape index (κ2) is 9.56. The minimum absolute atomic E-state index is 0.0222. The Balaban J connectivity index is 1.71. The second-order valence-electron chi connectivity index (χ2n) is 8.96. The van der Waals surface area contributed by atoms with E-state index in [1.54, 1.807) is 11.0 Å². The third-order valence-corrected chi connectivity index (χ3v) is 7.84. The number of amides is 2. The highest BCUT2D eigenvalue weighted by molar-refractivity contribution is 9.09. The zero-order valence-corrected chi connectivity index (χ0v) is 19.9. The molecule has 0 aromatic heterocycles. The van der Waals surface area contributed by atoms with Crippen LogP contribution in [0.4, 0.5) is 0 Å². The minimum atomic E-state index is -1.19. The zero-order chi connectivity index (χ0) is 23.8. The monoisotopic (exact) mass is 520 g/mol. The van der Waals surface area contributed by atoms with Crippen molar-refractivity contribution >= 4 is 33.7 Å². The number of halogens is 1. The van der Waals surface area contributed by atoms with Gasteiger partial charge in [0.15, 0.2) is 0 Å². The summed E-state index contributed by atoms with van der Waals surface area (Å²) in [5.74, 6) is -3.61. The topological polar surface area (TPSA) is 107 Å². The summed E-state index contributed by atoms with van der Waals surface area (Å²) in [6.45, 7) is 4.65. The molecule has 1 unspecified atom stereocenters. The number of hydrogen-bond acceptors (Lipinski definition) is 5. The summed E-state index contributed by atoms with van der Waals surface area (Å²) in [7, 11) is 0. The number of nitrogens with zero attached hydrogens (tertiary/aromatic N) is 2. The van der Waals surface area contributed by atoms with E-state index in [1.807, 2.05) is 30.3 Å². The Hall–Kier alpha value is -2.23. The first-order valence-electron chi connectivity index (χ1n) is 11.3. The normalized spacial score (nSPS) is 32.1. The number of unbranched alkanes of at least 4 members (excludes halogenated alkanes) is 1. The first-order valence-corrected chi connectivity index (χ1v) is 12.2. The Morgan fingerprint density at radius 1 is 1.30 bits per heavy atom. The maximum absolute atomic E-state index is 14.0. The van der Waals surface area contributed by atoms with E-state index in [0.717, 1.165) is 5.56 Å². The molecule has 1 aromatic rings. The van der Waals surface area contributed by atoms with Gasteiger partial charge in [-0.2, -0.15) is 0 Å². The van der Waals surface area contributed by atoms with Gasteiger partial charge in [-0.15, -0.1) is 6.58 Å². The Kier molecular flexibility index (Phi) is 6.93.